The van der Waals surface area contributed by atoms with Crippen molar-refractivity contribution in [2.75, 3.05) is 18.0 Å². The van der Waals surface area contributed by atoms with E-state index in [4.69, 9.17) is 21.8 Å². The third-order valence-corrected chi connectivity index (χ3v) is 2.40. The van der Waals surface area contributed by atoms with Crippen LogP contribution in [0.5, 0.6) is 0 Å². The van der Waals surface area contributed by atoms with E-state index < -0.39 is 17.8 Å². The number of aromatic carboxylic acids is 1. The van der Waals surface area contributed by atoms with Crippen molar-refractivity contribution in [3.63, 3.8) is 0 Å². The van der Waals surface area contributed by atoms with Crippen molar-refractivity contribution < 1.29 is 19.5 Å². The molecule has 1 rings (SSSR count). The highest BCUT2D eigenvalue weighted by Gasteiger charge is 2.17. The van der Waals surface area contributed by atoms with Gasteiger partial charge in [0.25, 0.3) is 0 Å². The number of amides is 2. The summed E-state index contributed by atoms with van der Waals surface area (Å²) in [6, 6.07) is 5.54. The predicted octanol–water partition coefficient (Wildman–Crippen LogP) is -0.967. The van der Waals surface area contributed by atoms with Crippen molar-refractivity contribution in [2.45, 2.75) is 0 Å². The number of primary amides is 2. The van der Waals surface area contributed by atoms with Gasteiger partial charge in [-0.05, 0) is 18.2 Å². The Bertz CT molecular complexity index is 590. The van der Waals surface area contributed by atoms with E-state index in [1.54, 1.807) is 0 Å². The van der Waals surface area contributed by atoms with Gasteiger partial charge in [-0.15, -0.1) is 0 Å². The molecule has 0 saturated heterocycles. The number of rotatable bonds is 6. The van der Waals surface area contributed by atoms with Gasteiger partial charge in [0.1, 0.15) is 6.07 Å². The molecule has 0 aromatic heterocycles. The van der Waals surface area contributed by atoms with Crippen LogP contribution in [0.4, 0.5) is 5.69 Å². The number of carbonyl (C=O) groups is 3. The van der Waals surface area contributed by atoms with Gasteiger partial charge >= 0.3 is 5.97 Å². The summed E-state index contributed by atoms with van der Waals surface area (Å²) in [7, 11) is 0. The molecule has 0 aliphatic heterocycles. The van der Waals surface area contributed by atoms with E-state index in [1.807, 2.05) is 6.07 Å². The summed E-state index contributed by atoms with van der Waals surface area (Å²) in [5.41, 5.74) is 10.3. The molecule has 20 heavy (non-hydrogen) atoms. The van der Waals surface area contributed by atoms with Gasteiger partial charge in [-0.1, -0.05) is 0 Å². The summed E-state index contributed by atoms with van der Waals surface area (Å²) in [6.07, 6.45) is 0. The molecule has 0 bridgehead atoms. The first-order valence-corrected chi connectivity index (χ1v) is 5.44. The summed E-state index contributed by atoms with van der Waals surface area (Å²) in [6.45, 7) is -0.631. The molecule has 2 amide bonds. The van der Waals surface area contributed by atoms with Gasteiger partial charge in [0, 0.05) is 0 Å². The lowest BCUT2D eigenvalue weighted by molar-refractivity contribution is -0.117. The van der Waals surface area contributed by atoms with Crippen LogP contribution >= 0.6 is 0 Å². The number of carboxylic acid groups (broad SMARTS) is 1. The second kappa shape index (κ2) is 6.19. The summed E-state index contributed by atoms with van der Waals surface area (Å²) >= 11 is 0. The predicted molar refractivity (Wildman–Crippen MR) is 68.7 cm³/mol. The maximum absolute atomic E-state index is 11.0. The molecule has 1 aromatic rings. The summed E-state index contributed by atoms with van der Waals surface area (Å²) in [5.74, 6) is -2.61. The normalized spacial score (nSPS) is 9.55. The van der Waals surface area contributed by atoms with E-state index >= 15 is 0 Å². The van der Waals surface area contributed by atoms with Crippen molar-refractivity contribution in [1.82, 2.24) is 0 Å². The van der Waals surface area contributed by atoms with Crippen LogP contribution in [0.25, 0.3) is 0 Å². The fourth-order valence-electron chi connectivity index (χ4n) is 1.64. The minimum absolute atomic E-state index is 0.00685. The Balaban J connectivity index is 3.25. The monoisotopic (exact) mass is 276 g/mol. The first-order valence-electron chi connectivity index (χ1n) is 5.44. The number of nitriles is 1. The standard InChI is InChI=1S/C12H12N4O4/c13-4-8-3-7(12(19)20)1-2-9(8)16(5-10(14)17)6-11(15)18/h1-3H,5-6H2,(H2,14,17)(H2,15,18)(H,19,20). The molecule has 0 saturated carbocycles. The zero-order chi connectivity index (χ0) is 15.3. The molecule has 8 nitrogen and oxygen atoms in total. The molecule has 0 atom stereocenters. The van der Waals surface area contributed by atoms with E-state index in [0.717, 1.165) is 6.07 Å². The summed E-state index contributed by atoms with van der Waals surface area (Å²) in [5, 5.41) is 17.9. The lowest BCUT2D eigenvalue weighted by atomic mass is 10.1. The summed E-state index contributed by atoms with van der Waals surface area (Å²) in [4.78, 5) is 34.0. The molecule has 1 aromatic carbocycles. The van der Waals surface area contributed by atoms with Crippen molar-refractivity contribution in [2.24, 2.45) is 11.5 Å². The minimum atomic E-state index is -1.19. The smallest absolute Gasteiger partial charge is 0.335 e. The third kappa shape index (κ3) is 3.71. The molecular weight excluding hydrogens is 264 g/mol. The number of carbonyl (C=O) groups excluding carboxylic acids is 2. The maximum atomic E-state index is 11.0. The number of anilines is 1. The molecule has 5 N–H and O–H groups in total. The molecule has 0 fully saturated rings. The molecule has 0 aliphatic rings. The third-order valence-electron chi connectivity index (χ3n) is 2.40. The molecule has 104 valence electrons. The fraction of sp³-hybridized carbons (Fsp3) is 0.167. The first-order chi connectivity index (χ1) is 9.35. The lowest BCUT2D eigenvalue weighted by Gasteiger charge is -2.22. The van der Waals surface area contributed by atoms with E-state index in [1.165, 1.54) is 17.0 Å². The van der Waals surface area contributed by atoms with Crippen molar-refractivity contribution in [1.29, 1.82) is 5.26 Å². The molecule has 0 spiro atoms. The second-order valence-corrected chi connectivity index (χ2v) is 3.94. The minimum Gasteiger partial charge on any atom is -0.478 e. The van der Waals surface area contributed by atoms with Gasteiger partial charge in [0.05, 0.1) is 29.9 Å². The van der Waals surface area contributed by atoms with E-state index in [-0.39, 0.29) is 29.9 Å². The zero-order valence-electron chi connectivity index (χ0n) is 10.4. The van der Waals surface area contributed by atoms with Crippen LogP contribution in [0.15, 0.2) is 18.2 Å². The fourth-order valence-corrected chi connectivity index (χ4v) is 1.64. The van der Waals surface area contributed by atoms with Crippen LogP contribution in [0.2, 0.25) is 0 Å². The Labute approximate surface area is 114 Å². The second-order valence-electron chi connectivity index (χ2n) is 3.94. The van der Waals surface area contributed by atoms with Crippen LogP contribution < -0.4 is 16.4 Å². The number of carboxylic acids is 1. The van der Waals surface area contributed by atoms with Gasteiger partial charge in [-0.25, -0.2) is 4.79 Å². The van der Waals surface area contributed by atoms with E-state index in [2.05, 4.69) is 0 Å². The molecular formula is C12H12N4O4. The Morgan fingerprint density at radius 1 is 1.20 bits per heavy atom. The highest BCUT2D eigenvalue weighted by atomic mass is 16.4. The molecule has 0 aliphatic carbocycles. The first kappa shape index (κ1) is 15.0. The van der Waals surface area contributed by atoms with Crippen molar-refractivity contribution in [3.8, 4) is 6.07 Å². The van der Waals surface area contributed by atoms with Gasteiger partial charge in [0.15, 0.2) is 0 Å². The highest BCUT2D eigenvalue weighted by molar-refractivity contribution is 5.90. The van der Waals surface area contributed by atoms with E-state index in [9.17, 15) is 14.4 Å². The maximum Gasteiger partial charge on any atom is 0.335 e. The number of benzene rings is 1. The SMILES string of the molecule is N#Cc1cc(C(=O)O)ccc1N(CC(N)=O)CC(N)=O. The molecule has 0 unspecified atom stereocenters. The molecule has 0 radical (unpaired) electrons. The van der Waals surface area contributed by atoms with Gasteiger partial charge in [0.2, 0.25) is 11.8 Å². The Morgan fingerprint density at radius 2 is 1.75 bits per heavy atom. The van der Waals surface area contributed by atoms with Crippen molar-refractivity contribution in [3.05, 3.63) is 29.3 Å². The Hall–Kier alpha value is -3.08. The number of hydrogen-bond donors (Lipinski definition) is 3. The molecule has 8 heteroatoms. The highest BCUT2D eigenvalue weighted by Crippen LogP contribution is 2.21. The van der Waals surface area contributed by atoms with Crippen LogP contribution in [-0.4, -0.2) is 36.0 Å². The van der Waals surface area contributed by atoms with Crippen molar-refractivity contribution >= 4 is 23.5 Å². The van der Waals surface area contributed by atoms with Gasteiger partial charge < -0.3 is 21.5 Å². The Morgan fingerprint density at radius 3 is 2.15 bits per heavy atom. The van der Waals surface area contributed by atoms with Crippen LogP contribution in [-0.2, 0) is 9.59 Å². The number of nitrogens with zero attached hydrogens (tertiary/aromatic N) is 2. The van der Waals surface area contributed by atoms with Crippen LogP contribution in [0.3, 0.4) is 0 Å². The van der Waals surface area contributed by atoms with Gasteiger partial charge in [-0.3, -0.25) is 9.59 Å². The lowest BCUT2D eigenvalue weighted by Crippen LogP contribution is -2.40. The zero-order valence-corrected chi connectivity index (χ0v) is 10.4. The summed E-state index contributed by atoms with van der Waals surface area (Å²) < 4.78 is 0. The van der Waals surface area contributed by atoms with E-state index in [0.29, 0.717) is 0 Å². The van der Waals surface area contributed by atoms with Gasteiger partial charge in [-0.2, -0.15) is 5.26 Å². The average molecular weight is 276 g/mol. The number of nitrogens with two attached hydrogens (primary N) is 2. The molecule has 0 heterocycles. The largest absolute Gasteiger partial charge is 0.478 e. The average Bonchev–Trinajstić information content (AvgIpc) is 2.35. The topological polar surface area (TPSA) is 151 Å². The Kier molecular flexibility index (Phi) is 4.64. The quantitative estimate of drug-likeness (QED) is 0.608. The van der Waals surface area contributed by atoms with Crippen LogP contribution in [0, 0.1) is 11.3 Å². The number of hydrogen-bond acceptors (Lipinski definition) is 5. The van der Waals surface area contributed by atoms with Crippen LogP contribution in [0.1, 0.15) is 15.9 Å².